The van der Waals surface area contributed by atoms with Crippen molar-refractivity contribution in [2.75, 3.05) is 19.8 Å². The van der Waals surface area contributed by atoms with Crippen molar-refractivity contribution in [1.29, 1.82) is 0 Å². The highest BCUT2D eigenvalue weighted by atomic mass is 31.2. The Labute approximate surface area is 325 Å². The van der Waals surface area contributed by atoms with Gasteiger partial charge in [-0.25, -0.2) is 4.57 Å². The normalized spacial score (nSPS) is 13.8. The van der Waals surface area contributed by atoms with Crippen molar-refractivity contribution in [2.45, 2.75) is 200 Å². The zero-order valence-electron chi connectivity index (χ0n) is 34.2. The molecule has 0 fully saturated rings. The van der Waals surface area contributed by atoms with Gasteiger partial charge in [0.25, 0.3) is 0 Å². The maximum Gasteiger partial charge on any atom is 0.472 e. The molecule has 1 N–H and O–H groups in total. The second-order valence-electron chi connectivity index (χ2n) is 14.0. The molecule has 0 aromatic carbocycles. The molecule has 0 aliphatic heterocycles. The molecule has 0 radical (unpaired) electrons. The van der Waals surface area contributed by atoms with Gasteiger partial charge in [0, 0.05) is 12.8 Å². The van der Waals surface area contributed by atoms with Crippen molar-refractivity contribution in [3.63, 3.8) is 0 Å². The predicted octanol–water partition coefficient (Wildman–Crippen LogP) is 13.4. The van der Waals surface area contributed by atoms with Gasteiger partial charge in [-0.15, -0.1) is 0 Å². The first kappa shape index (κ1) is 51.0. The highest BCUT2D eigenvalue weighted by Gasteiger charge is 2.25. The van der Waals surface area contributed by atoms with E-state index in [2.05, 4.69) is 62.5 Å². The Bertz CT molecular complexity index is 1010. The molecule has 0 spiro atoms. The van der Waals surface area contributed by atoms with Crippen molar-refractivity contribution >= 4 is 19.8 Å². The summed E-state index contributed by atoms with van der Waals surface area (Å²) in [7, 11) is -4.28. The summed E-state index contributed by atoms with van der Waals surface area (Å²) in [5.41, 5.74) is 0. The van der Waals surface area contributed by atoms with E-state index >= 15 is 0 Å². The molecule has 53 heavy (non-hydrogen) atoms. The summed E-state index contributed by atoms with van der Waals surface area (Å²) in [6.07, 6.45) is 45.9. The van der Waals surface area contributed by atoms with Gasteiger partial charge in [-0.05, 0) is 58.3 Å². The molecule has 0 saturated carbocycles. The molecule has 0 heterocycles. The molecule has 2 unspecified atom stereocenters. The van der Waals surface area contributed by atoms with Crippen LogP contribution in [0.25, 0.3) is 0 Å². The monoisotopic (exact) mass is 767 g/mol. The Morgan fingerprint density at radius 3 is 1.45 bits per heavy atom. The van der Waals surface area contributed by atoms with Crippen LogP contribution in [-0.2, 0) is 32.7 Å². The quantitative estimate of drug-likeness (QED) is 0.0285. The number of ether oxygens (including phenoxy) is 2. The van der Waals surface area contributed by atoms with Crippen LogP contribution >= 0.6 is 7.82 Å². The van der Waals surface area contributed by atoms with Crippen molar-refractivity contribution in [1.82, 2.24) is 0 Å². The molecule has 0 rings (SSSR count). The number of hydrogen-bond acceptors (Lipinski definition) is 7. The van der Waals surface area contributed by atoms with Gasteiger partial charge < -0.3 is 14.4 Å². The summed E-state index contributed by atoms with van der Waals surface area (Å²) < 4.78 is 32.6. The minimum atomic E-state index is -4.28. The Hall–Kier alpha value is -1.99. The van der Waals surface area contributed by atoms with E-state index < -0.39 is 26.5 Å². The third kappa shape index (κ3) is 39.5. The Morgan fingerprint density at radius 2 is 0.962 bits per heavy atom. The zero-order valence-corrected chi connectivity index (χ0v) is 35.1. The SMILES string of the molecule is CC/C=C\C/C=C\C/C=C\C/C=C\CCCCCCCCCCC(=O)OC(COC(=O)CCCCCCCCCCCCCC)COP(=O)(O)OCC. The van der Waals surface area contributed by atoms with Gasteiger partial charge in [-0.1, -0.05) is 172 Å². The lowest BCUT2D eigenvalue weighted by Gasteiger charge is -2.19. The second-order valence-corrected chi connectivity index (χ2v) is 15.4. The van der Waals surface area contributed by atoms with Gasteiger partial charge in [0.05, 0.1) is 13.2 Å². The van der Waals surface area contributed by atoms with E-state index in [1.165, 1.54) is 83.5 Å². The fourth-order valence-corrected chi connectivity index (χ4v) is 6.55. The van der Waals surface area contributed by atoms with E-state index in [-0.39, 0.29) is 25.6 Å². The fraction of sp³-hybridized carbons (Fsp3) is 0.773. The van der Waals surface area contributed by atoms with Gasteiger partial charge in [0.2, 0.25) is 0 Å². The maximum absolute atomic E-state index is 12.6. The molecule has 0 aromatic rings. The average molecular weight is 767 g/mol. The molecule has 308 valence electrons. The molecule has 0 amide bonds. The molecular formula is C44H79O8P. The Balaban J connectivity index is 4.07. The third-order valence-electron chi connectivity index (χ3n) is 8.90. The molecular weight excluding hydrogens is 687 g/mol. The topological polar surface area (TPSA) is 108 Å². The van der Waals surface area contributed by atoms with Gasteiger partial charge >= 0.3 is 19.8 Å². The first-order valence-corrected chi connectivity index (χ1v) is 22.9. The van der Waals surface area contributed by atoms with Gasteiger partial charge in [-0.3, -0.25) is 18.6 Å². The highest BCUT2D eigenvalue weighted by molar-refractivity contribution is 7.47. The number of rotatable bonds is 39. The first-order chi connectivity index (χ1) is 25.8. The molecule has 0 aromatic heterocycles. The lowest BCUT2D eigenvalue weighted by Crippen LogP contribution is -2.29. The van der Waals surface area contributed by atoms with E-state index in [1.807, 2.05) is 0 Å². The molecule has 8 nitrogen and oxygen atoms in total. The van der Waals surface area contributed by atoms with Crippen molar-refractivity contribution < 1.29 is 37.6 Å². The first-order valence-electron chi connectivity index (χ1n) is 21.4. The van der Waals surface area contributed by atoms with Crippen LogP contribution in [0.15, 0.2) is 48.6 Å². The van der Waals surface area contributed by atoms with Gasteiger partial charge in [-0.2, -0.15) is 0 Å². The van der Waals surface area contributed by atoms with Crippen LogP contribution in [-0.4, -0.2) is 42.8 Å². The summed E-state index contributed by atoms with van der Waals surface area (Å²) in [6.45, 7) is 5.35. The summed E-state index contributed by atoms with van der Waals surface area (Å²) in [5, 5.41) is 0. The highest BCUT2D eigenvalue weighted by Crippen LogP contribution is 2.43. The lowest BCUT2D eigenvalue weighted by atomic mass is 10.0. The number of esters is 2. The molecule has 0 saturated heterocycles. The summed E-state index contributed by atoms with van der Waals surface area (Å²) in [4.78, 5) is 34.7. The Morgan fingerprint density at radius 1 is 0.528 bits per heavy atom. The van der Waals surface area contributed by atoms with Gasteiger partial charge in [0.15, 0.2) is 6.10 Å². The summed E-state index contributed by atoms with van der Waals surface area (Å²) >= 11 is 0. The maximum atomic E-state index is 12.6. The number of phosphoric ester groups is 1. The van der Waals surface area contributed by atoms with Crippen LogP contribution in [0.1, 0.15) is 194 Å². The number of carbonyl (C=O) groups excluding carboxylic acids is 2. The van der Waals surface area contributed by atoms with Crippen LogP contribution in [0.5, 0.6) is 0 Å². The Kier molecular flexibility index (Phi) is 38.2. The minimum absolute atomic E-state index is 0.00169. The van der Waals surface area contributed by atoms with E-state index in [0.29, 0.717) is 12.8 Å². The van der Waals surface area contributed by atoms with Crippen LogP contribution in [0, 0.1) is 0 Å². The van der Waals surface area contributed by atoms with Crippen LogP contribution < -0.4 is 0 Å². The zero-order chi connectivity index (χ0) is 38.9. The third-order valence-corrected chi connectivity index (χ3v) is 9.96. The van der Waals surface area contributed by atoms with Crippen molar-refractivity contribution in [3.05, 3.63) is 48.6 Å². The molecule has 0 aliphatic rings. The van der Waals surface area contributed by atoms with E-state index in [0.717, 1.165) is 70.6 Å². The molecule has 0 aliphatic carbocycles. The minimum Gasteiger partial charge on any atom is -0.462 e. The predicted molar refractivity (Wildman–Crippen MR) is 221 cm³/mol. The summed E-state index contributed by atoms with van der Waals surface area (Å²) in [5.74, 6) is -0.805. The standard InChI is InChI=1S/C44H79O8P/c1-4-7-9-11-13-15-17-19-20-21-22-23-24-25-26-27-29-31-33-35-37-39-44(46)52-42(41-51-53(47,48)50-6-3)40-49-43(45)38-36-34-32-30-28-18-16-14-12-10-8-5-2/h7,9,13,15,19-20,22-23,42H,4-6,8,10-12,14,16-18,21,24-41H2,1-3H3,(H,47,48)/b9-7-,15-13-,20-19-,23-22-. The fourth-order valence-electron chi connectivity index (χ4n) is 5.80. The lowest BCUT2D eigenvalue weighted by molar-refractivity contribution is -0.161. The van der Waals surface area contributed by atoms with Crippen molar-refractivity contribution in [3.8, 4) is 0 Å². The van der Waals surface area contributed by atoms with Crippen molar-refractivity contribution in [2.24, 2.45) is 0 Å². The average Bonchev–Trinajstić information content (AvgIpc) is 3.13. The second kappa shape index (κ2) is 39.7. The summed E-state index contributed by atoms with van der Waals surface area (Å²) in [6, 6.07) is 0. The molecule has 2 atom stereocenters. The van der Waals surface area contributed by atoms with Crippen LogP contribution in [0.2, 0.25) is 0 Å². The molecule has 0 bridgehead atoms. The van der Waals surface area contributed by atoms with E-state index in [1.54, 1.807) is 6.92 Å². The number of phosphoric acid groups is 1. The number of unbranched alkanes of at least 4 members (excludes halogenated alkanes) is 19. The van der Waals surface area contributed by atoms with E-state index in [9.17, 15) is 19.0 Å². The number of carbonyl (C=O) groups is 2. The van der Waals surface area contributed by atoms with Gasteiger partial charge in [0.1, 0.15) is 6.61 Å². The number of allylic oxidation sites excluding steroid dienone is 8. The smallest absolute Gasteiger partial charge is 0.462 e. The van der Waals surface area contributed by atoms with E-state index in [4.69, 9.17) is 18.5 Å². The largest absolute Gasteiger partial charge is 0.472 e. The van der Waals surface area contributed by atoms with Crippen LogP contribution in [0.4, 0.5) is 0 Å². The molecule has 9 heteroatoms. The van der Waals surface area contributed by atoms with Crippen LogP contribution in [0.3, 0.4) is 0 Å². The number of hydrogen-bond donors (Lipinski definition) is 1.